The van der Waals surface area contributed by atoms with Crippen molar-refractivity contribution < 1.29 is 33.4 Å². The minimum absolute atomic E-state index is 0.200. The molecule has 5 amide bonds. The standard InChI is InChI=1S/C45H54N8O7/c1-6-7-21-51-36-24-29(33-26-46-40(48-33)34-15-11-22-52(34)43(56)39(50-45(58)60-5)28-13-9-8-10-14-28)17-19-31(36)32-20-18-30(25-37(32)51)47-41(54)35-16-12-23-53(35)42(55)38(27(2)3)49-44(57)59-4/h8-10,13-14,17-20,24-27,34-35,38-39H,6-7,11-12,15-16,21-23H2,1-5H3,(H,46,48)(H,47,54)(H,49,57)(H,50,58)/t34-,35-,38-,39+/m0/s1. The first-order valence-electron chi connectivity index (χ1n) is 20.8. The number of fused-ring (bicyclic) bond motifs is 3. The van der Waals surface area contributed by atoms with E-state index in [-0.39, 0.29) is 29.7 Å². The number of alkyl carbamates (subject to hydrolysis) is 2. The number of imidazole rings is 1. The lowest BCUT2D eigenvalue weighted by molar-refractivity contribution is -0.139. The van der Waals surface area contributed by atoms with Crippen LogP contribution in [0, 0.1) is 5.92 Å². The summed E-state index contributed by atoms with van der Waals surface area (Å²) < 4.78 is 11.9. The third-order valence-corrected chi connectivity index (χ3v) is 11.7. The zero-order valence-corrected chi connectivity index (χ0v) is 34.8. The Balaban J connectivity index is 1.13. The number of hydrogen-bond acceptors (Lipinski definition) is 8. The summed E-state index contributed by atoms with van der Waals surface area (Å²) in [6.07, 6.45) is 5.09. The number of likely N-dealkylation sites (tertiary alicyclic amines) is 2. The molecule has 0 bridgehead atoms. The van der Waals surface area contributed by atoms with Gasteiger partial charge >= 0.3 is 12.2 Å². The highest BCUT2D eigenvalue weighted by molar-refractivity contribution is 6.10. The number of methoxy groups -OCH3 is 2. The number of rotatable bonds is 13. The second-order valence-electron chi connectivity index (χ2n) is 15.9. The molecule has 4 N–H and O–H groups in total. The van der Waals surface area contributed by atoms with Gasteiger partial charge in [-0.2, -0.15) is 0 Å². The molecule has 0 unspecified atom stereocenters. The molecular formula is C45H54N8O7. The van der Waals surface area contributed by atoms with E-state index in [2.05, 4.69) is 50.6 Å². The number of aromatic amines is 1. The van der Waals surface area contributed by atoms with Crippen LogP contribution < -0.4 is 16.0 Å². The number of hydrogen-bond donors (Lipinski definition) is 4. The minimum atomic E-state index is -0.907. The van der Waals surface area contributed by atoms with Gasteiger partial charge in [-0.15, -0.1) is 0 Å². The summed E-state index contributed by atoms with van der Waals surface area (Å²) in [5.74, 6) is -0.329. The van der Waals surface area contributed by atoms with E-state index in [0.717, 1.165) is 65.3 Å². The highest BCUT2D eigenvalue weighted by Gasteiger charge is 2.39. The molecule has 2 saturated heterocycles. The molecule has 4 atom stereocenters. The molecule has 3 aromatic carbocycles. The molecule has 0 radical (unpaired) electrons. The lowest BCUT2D eigenvalue weighted by Gasteiger charge is -2.30. The third-order valence-electron chi connectivity index (χ3n) is 11.7. The highest BCUT2D eigenvalue weighted by atomic mass is 16.5. The molecule has 2 aromatic heterocycles. The van der Waals surface area contributed by atoms with Crippen molar-refractivity contribution in [2.75, 3.05) is 32.6 Å². The number of H-pyrrole nitrogens is 1. The third kappa shape index (κ3) is 8.52. The van der Waals surface area contributed by atoms with Crippen molar-refractivity contribution in [3.05, 3.63) is 84.3 Å². The molecular weight excluding hydrogens is 765 g/mol. The lowest BCUT2D eigenvalue weighted by atomic mass is 10.0. The fourth-order valence-electron chi connectivity index (χ4n) is 8.55. The van der Waals surface area contributed by atoms with Gasteiger partial charge in [0.05, 0.1) is 37.7 Å². The van der Waals surface area contributed by atoms with Gasteiger partial charge in [0.25, 0.3) is 5.91 Å². The van der Waals surface area contributed by atoms with Gasteiger partial charge in [-0.05, 0) is 61.8 Å². The molecule has 2 fully saturated rings. The number of nitrogens with one attached hydrogen (secondary N) is 4. The molecule has 4 heterocycles. The molecule has 5 aromatic rings. The average Bonchev–Trinajstić information content (AvgIpc) is 4.09. The summed E-state index contributed by atoms with van der Waals surface area (Å²) in [5.41, 5.74) is 5.07. The SMILES string of the molecule is CCCCn1c2cc(NC(=O)[C@@H]3CCCN3C(=O)[C@@H](NC(=O)OC)C(C)C)ccc2c2ccc(-c3cnc([C@@H]4CCCN4C(=O)[C@H](NC(=O)OC)c4ccccc4)[nH]3)cc21. The van der Waals surface area contributed by atoms with Crippen LogP contribution in [-0.2, 0) is 30.4 Å². The Kier molecular flexibility index (Phi) is 12.7. The maximum absolute atomic E-state index is 14.0. The van der Waals surface area contributed by atoms with Crippen molar-refractivity contribution in [3.8, 4) is 11.3 Å². The Labute approximate surface area is 349 Å². The van der Waals surface area contributed by atoms with Crippen LogP contribution in [0.5, 0.6) is 0 Å². The minimum Gasteiger partial charge on any atom is -0.453 e. The number of aryl methyl sites for hydroxylation is 1. The number of amides is 5. The Bertz CT molecular complexity index is 2370. The summed E-state index contributed by atoms with van der Waals surface area (Å²) in [4.78, 5) is 77.4. The Hall–Kier alpha value is -6.38. The number of unbranched alkanes of at least 4 members (excludes halogenated alkanes) is 1. The van der Waals surface area contributed by atoms with Crippen molar-refractivity contribution in [1.29, 1.82) is 0 Å². The van der Waals surface area contributed by atoms with Crippen molar-refractivity contribution in [2.45, 2.75) is 90.0 Å². The van der Waals surface area contributed by atoms with Crippen LogP contribution in [0.15, 0.2) is 72.9 Å². The number of ether oxygens (including phenoxy) is 2. The Morgan fingerprint density at radius 3 is 2.23 bits per heavy atom. The summed E-state index contributed by atoms with van der Waals surface area (Å²) in [6.45, 7) is 7.56. The Morgan fingerprint density at radius 2 is 1.52 bits per heavy atom. The first kappa shape index (κ1) is 41.8. The number of nitrogens with zero attached hydrogens (tertiary/aromatic N) is 4. The molecule has 0 aliphatic carbocycles. The summed E-state index contributed by atoms with van der Waals surface area (Å²) in [7, 11) is 2.53. The van der Waals surface area contributed by atoms with Crippen LogP contribution in [0.25, 0.3) is 33.1 Å². The van der Waals surface area contributed by atoms with Gasteiger partial charge in [0.1, 0.15) is 23.9 Å². The molecule has 2 aliphatic heterocycles. The molecule has 316 valence electrons. The quantitative estimate of drug-likeness (QED) is 0.0976. The van der Waals surface area contributed by atoms with Crippen molar-refractivity contribution in [2.24, 2.45) is 5.92 Å². The molecule has 15 nitrogen and oxygen atoms in total. The molecule has 2 aliphatic rings. The summed E-state index contributed by atoms with van der Waals surface area (Å²) in [6, 6.07) is 18.7. The van der Waals surface area contributed by atoms with E-state index in [0.29, 0.717) is 43.0 Å². The predicted octanol–water partition coefficient (Wildman–Crippen LogP) is 7.06. The second kappa shape index (κ2) is 18.3. The monoisotopic (exact) mass is 818 g/mol. The van der Waals surface area contributed by atoms with Crippen molar-refractivity contribution >= 4 is 57.4 Å². The van der Waals surface area contributed by atoms with Gasteiger partial charge in [-0.3, -0.25) is 14.4 Å². The number of carbonyl (C=O) groups excluding carboxylic acids is 5. The fraction of sp³-hybridized carbons (Fsp3) is 0.422. The summed E-state index contributed by atoms with van der Waals surface area (Å²) >= 11 is 0. The van der Waals surface area contributed by atoms with Crippen LogP contribution in [0.3, 0.4) is 0 Å². The van der Waals surface area contributed by atoms with Crippen molar-refractivity contribution in [3.63, 3.8) is 0 Å². The van der Waals surface area contributed by atoms with E-state index in [1.807, 2.05) is 62.4 Å². The zero-order chi connectivity index (χ0) is 42.5. The molecule has 7 rings (SSSR count). The lowest BCUT2D eigenvalue weighted by Crippen LogP contribution is -2.54. The maximum atomic E-state index is 14.0. The molecule has 0 saturated carbocycles. The van der Waals surface area contributed by atoms with Gasteiger partial charge in [0.2, 0.25) is 11.8 Å². The van der Waals surface area contributed by atoms with E-state index >= 15 is 0 Å². The zero-order valence-electron chi connectivity index (χ0n) is 34.8. The van der Waals surface area contributed by atoms with Crippen molar-refractivity contribution in [1.82, 2.24) is 35.0 Å². The van der Waals surface area contributed by atoms with Crippen LogP contribution in [-0.4, -0.2) is 93.6 Å². The van der Waals surface area contributed by atoms with E-state index in [1.54, 1.807) is 16.0 Å². The first-order chi connectivity index (χ1) is 29.0. The smallest absolute Gasteiger partial charge is 0.407 e. The molecule has 60 heavy (non-hydrogen) atoms. The number of benzene rings is 3. The largest absolute Gasteiger partial charge is 0.453 e. The average molecular weight is 819 g/mol. The van der Waals surface area contributed by atoms with Gasteiger partial charge in [-0.25, -0.2) is 14.6 Å². The highest BCUT2D eigenvalue weighted by Crippen LogP contribution is 2.37. The second-order valence-corrected chi connectivity index (χ2v) is 15.9. The van der Waals surface area contributed by atoms with Crippen LogP contribution in [0.4, 0.5) is 15.3 Å². The normalized spacial score (nSPS) is 17.5. The van der Waals surface area contributed by atoms with Gasteiger partial charge < -0.3 is 44.8 Å². The topological polar surface area (TPSA) is 180 Å². The number of aromatic nitrogens is 3. The Morgan fingerprint density at radius 1 is 0.833 bits per heavy atom. The van der Waals surface area contributed by atoms with E-state index in [1.165, 1.54) is 14.2 Å². The van der Waals surface area contributed by atoms with E-state index in [9.17, 15) is 24.0 Å². The van der Waals surface area contributed by atoms with Gasteiger partial charge in [0.15, 0.2) is 0 Å². The molecule has 0 spiro atoms. The predicted molar refractivity (Wildman–Crippen MR) is 228 cm³/mol. The number of carbonyl (C=O) groups is 5. The van der Waals surface area contributed by atoms with Crippen LogP contribution in [0.1, 0.15) is 82.8 Å². The molecule has 15 heteroatoms. The van der Waals surface area contributed by atoms with E-state index < -0.39 is 30.3 Å². The number of anilines is 1. The maximum Gasteiger partial charge on any atom is 0.407 e. The fourth-order valence-corrected chi connectivity index (χ4v) is 8.55. The van der Waals surface area contributed by atoms with E-state index in [4.69, 9.17) is 14.5 Å². The van der Waals surface area contributed by atoms with Gasteiger partial charge in [0, 0.05) is 47.2 Å². The summed E-state index contributed by atoms with van der Waals surface area (Å²) in [5, 5.41) is 10.6. The van der Waals surface area contributed by atoms with Crippen LogP contribution >= 0.6 is 0 Å². The van der Waals surface area contributed by atoms with Crippen LogP contribution in [0.2, 0.25) is 0 Å². The van der Waals surface area contributed by atoms with Gasteiger partial charge in [-0.1, -0.05) is 75.7 Å². The first-order valence-corrected chi connectivity index (χ1v) is 20.8.